The van der Waals surface area contributed by atoms with E-state index >= 15 is 0 Å². The van der Waals surface area contributed by atoms with E-state index in [2.05, 4.69) is 21.3 Å². The Labute approximate surface area is 141 Å². The van der Waals surface area contributed by atoms with Gasteiger partial charge in [0.15, 0.2) is 12.4 Å². The van der Waals surface area contributed by atoms with E-state index in [4.69, 9.17) is 17.3 Å². The molecule has 0 amide bonds. The number of amidine groups is 1. The third-order valence-electron chi connectivity index (χ3n) is 2.55. The summed E-state index contributed by atoms with van der Waals surface area (Å²) in [5.74, 6) is -7.25. The molecule has 12 heteroatoms. The highest BCUT2D eigenvalue weighted by Crippen LogP contribution is 2.40. The van der Waals surface area contributed by atoms with Gasteiger partial charge < -0.3 is 10.5 Å². The van der Waals surface area contributed by atoms with Crippen LogP contribution in [0, 0.1) is 6.92 Å². The van der Waals surface area contributed by atoms with Crippen LogP contribution in [0.2, 0.25) is 5.02 Å². The van der Waals surface area contributed by atoms with Gasteiger partial charge in [0.1, 0.15) is 5.75 Å². The Morgan fingerprint density at radius 1 is 1.17 bits per heavy atom. The summed E-state index contributed by atoms with van der Waals surface area (Å²) in [6, 6.07) is 1.81. The number of aliphatic imine (C=N–C) groups is 1. The summed E-state index contributed by atoms with van der Waals surface area (Å²) < 4.78 is 92.7. The second-order valence-corrected chi connectivity index (χ2v) is 5.42. The predicted molar refractivity (Wildman–Crippen MR) is 74.8 cm³/mol. The lowest BCUT2D eigenvalue weighted by Crippen LogP contribution is -2.47. The Morgan fingerprint density at radius 3 is 2.17 bits per heavy atom. The van der Waals surface area contributed by atoms with E-state index in [1.807, 2.05) is 0 Å². The largest absolute Gasteiger partial charge is 0.484 e. The molecule has 0 unspecified atom stereocenters. The predicted octanol–water partition coefficient (Wildman–Crippen LogP) is 5.05. The molecule has 3 nitrogen and oxygen atoms in total. The van der Waals surface area contributed by atoms with E-state index in [0.29, 0.717) is 0 Å². The highest BCUT2D eigenvalue weighted by atomic mass is 35.5. The molecular weight excluding hydrogens is 392 g/mol. The molecule has 0 saturated carbocycles. The zero-order valence-electron chi connectivity index (χ0n) is 11.7. The number of nitrogens with zero attached hydrogens (tertiary/aromatic N) is 1. The number of rotatable bonds is 5. The summed E-state index contributed by atoms with van der Waals surface area (Å²) in [6.07, 6.45) is -4.65. The molecule has 0 atom stereocenters. The van der Waals surface area contributed by atoms with Gasteiger partial charge in [0.2, 0.25) is 0 Å². The topological polar surface area (TPSA) is 47.6 Å². The van der Waals surface area contributed by atoms with Crippen molar-refractivity contribution < 1.29 is 35.5 Å². The van der Waals surface area contributed by atoms with E-state index in [0.717, 1.165) is 12.1 Å². The molecule has 136 valence electrons. The van der Waals surface area contributed by atoms with Crippen molar-refractivity contribution in [2.45, 2.75) is 24.4 Å². The van der Waals surface area contributed by atoms with Gasteiger partial charge in [-0.2, -0.15) is 30.7 Å². The number of hydrogen-bond donors (Lipinski definition) is 1. The van der Waals surface area contributed by atoms with Crippen molar-refractivity contribution in [2.24, 2.45) is 10.7 Å². The fourth-order valence-corrected chi connectivity index (χ4v) is 1.75. The molecule has 0 saturated heterocycles. The number of ether oxygens (including phenoxy) is 1. The van der Waals surface area contributed by atoms with Crippen LogP contribution in [0.5, 0.6) is 5.75 Å². The Hall–Kier alpha value is -1.42. The molecule has 0 radical (unpaired) electrons. The summed E-state index contributed by atoms with van der Waals surface area (Å²) in [7, 11) is 0. The number of hydrogen-bond acceptors (Lipinski definition) is 2. The third kappa shape index (κ3) is 5.04. The van der Waals surface area contributed by atoms with Gasteiger partial charge in [0, 0.05) is 6.07 Å². The van der Waals surface area contributed by atoms with Crippen molar-refractivity contribution in [2.75, 3.05) is 6.61 Å². The van der Waals surface area contributed by atoms with Crippen molar-refractivity contribution in [1.29, 1.82) is 0 Å². The second-order valence-electron chi connectivity index (χ2n) is 4.54. The molecule has 0 fully saturated rings. The zero-order chi connectivity index (χ0) is 18.9. The van der Waals surface area contributed by atoms with Gasteiger partial charge in [0.05, 0.1) is 10.7 Å². The Morgan fingerprint density at radius 2 is 1.71 bits per heavy atom. The van der Waals surface area contributed by atoms with E-state index in [9.17, 15) is 30.7 Å². The molecule has 0 aromatic heterocycles. The number of halogens is 9. The van der Waals surface area contributed by atoms with Crippen molar-refractivity contribution in [3.05, 3.63) is 22.7 Å². The second kappa shape index (κ2) is 6.83. The van der Waals surface area contributed by atoms with Gasteiger partial charge in [0.25, 0.3) is 0 Å². The Balaban J connectivity index is 3.23. The maximum Gasteiger partial charge on any atom is 0.422 e. The van der Waals surface area contributed by atoms with Crippen molar-refractivity contribution in [1.82, 2.24) is 0 Å². The standard InChI is InChI=1S/C12H9Cl2F7N2O/c1-5-2-6(13)7(3-8(5)24-4-10(15,16)17)23-9(22)11(18,19)12(14,20)21/h2-3H,4H2,1H3,(H2,22,23). The Kier molecular flexibility index (Phi) is 5.87. The van der Waals surface area contributed by atoms with E-state index < -0.39 is 35.6 Å². The minimum Gasteiger partial charge on any atom is -0.484 e. The maximum atomic E-state index is 13.3. The average Bonchev–Trinajstić information content (AvgIpc) is 2.37. The molecule has 0 aliphatic carbocycles. The van der Waals surface area contributed by atoms with Gasteiger partial charge in [-0.15, -0.1) is 0 Å². The van der Waals surface area contributed by atoms with Crippen LogP contribution in [0.25, 0.3) is 0 Å². The molecule has 2 N–H and O–H groups in total. The fraction of sp³-hybridized carbons (Fsp3) is 0.417. The van der Waals surface area contributed by atoms with Crippen LogP contribution >= 0.6 is 23.2 Å². The summed E-state index contributed by atoms with van der Waals surface area (Å²) in [5, 5.41) is -5.34. The molecule has 1 rings (SSSR count). The van der Waals surface area contributed by atoms with Crippen LogP contribution in [0.15, 0.2) is 17.1 Å². The van der Waals surface area contributed by atoms with Crippen LogP contribution in [0.1, 0.15) is 5.56 Å². The van der Waals surface area contributed by atoms with Crippen LogP contribution in [-0.2, 0) is 0 Å². The lowest BCUT2D eigenvalue weighted by molar-refractivity contribution is -0.153. The van der Waals surface area contributed by atoms with E-state index in [1.54, 1.807) is 0 Å². The van der Waals surface area contributed by atoms with Gasteiger partial charge in [-0.05, 0) is 30.2 Å². The molecule has 0 heterocycles. The first-order valence-electron chi connectivity index (χ1n) is 5.94. The molecule has 0 spiro atoms. The summed E-state index contributed by atoms with van der Waals surface area (Å²) in [4.78, 5) is 3.03. The van der Waals surface area contributed by atoms with Crippen LogP contribution in [-0.4, -0.2) is 29.9 Å². The van der Waals surface area contributed by atoms with Crippen LogP contribution < -0.4 is 10.5 Å². The SMILES string of the molecule is Cc1cc(Cl)c(N=C(N)C(F)(F)C(F)(F)Cl)cc1OCC(F)(F)F. The van der Waals surface area contributed by atoms with Crippen LogP contribution in [0.4, 0.5) is 36.4 Å². The zero-order valence-corrected chi connectivity index (χ0v) is 13.2. The third-order valence-corrected chi connectivity index (χ3v) is 3.09. The highest BCUT2D eigenvalue weighted by molar-refractivity contribution is 6.33. The fourth-order valence-electron chi connectivity index (χ4n) is 1.39. The molecule has 1 aromatic carbocycles. The minimum absolute atomic E-state index is 0.135. The van der Waals surface area contributed by atoms with Gasteiger partial charge in [-0.3, -0.25) is 0 Å². The van der Waals surface area contributed by atoms with Crippen molar-refractivity contribution in [3.63, 3.8) is 0 Å². The summed E-state index contributed by atoms with van der Waals surface area (Å²) >= 11 is 9.95. The maximum absolute atomic E-state index is 13.3. The normalized spacial score (nSPS) is 14.0. The monoisotopic (exact) mass is 400 g/mol. The molecule has 1 aromatic rings. The van der Waals surface area contributed by atoms with Gasteiger partial charge >= 0.3 is 17.5 Å². The minimum atomic E-state index is -5.02. The van der Waals surface area contributed by atoms with E-state index in [-0.39, 0.29) is 16.3 Å². The first-order valence-corrected chi connectivity index (χ1v) is 6.69. The molecule has 0 aliphatic rings. The smallest absolute Gasteiger partial charge is 0.422 e. The number of benzene rings is 1. The quantitative estimate of drug-likeness (QED) is 0.325. The molecule has 0 aliphatic heterocycles. The molecule has 0 bridgehead atoms. The molecular formula is C12H9Cl2F7N2O. The Bertz CT molecular complexity index is 642. The van der Waals surface area contributed by atoms with Gasteiger partial charge in [-0.1, -0.05) is 11.6 Å². The van der Waals surface area contributed by atoms with Crippen molar-refractivity contribution in [3.8, 4) is 5.75 Å². The lowest BCUT2D eigenvalue weighted by Gasteiger charge is -2.20. The average molecular weight is 401 g/mol. The first-order chi connectivity index (χ1) is 10.6. The first kappa shape index (κ1) is 20.6. The summed E-state index contributed by atoms with van der Waals surface area (Å²) in [6.45, 7) is -0.333. The van der Waals surface area contributed by atoms with Crippen LogP contribution in [0.3, 0.4) is 0 Å². The highest BCUT2D eigenvalue weighted by Gasteiger charge is 2.58. The molecule has 24 heavy (non-hydrogen) atoms. The van der Waals surface area contributed by atoms with Crippen molar-refractivity contribution >= 4 is 34.7 Å². The van der Waals surface area contributed by atoms with E-state index in [1.165, 1.54) is 6.92 Å². The summed E-state index contributed by atoms with van der Waals surface area (Å²) in [5.41, 5.74) is 4.38. The number of alkyl halides is 8. The lowest BCUT2D eigenvalue weighted by atomic mass is 10.2. The number of nitrogens with two attached hydrogens (primary N) is 1. The van der Waals surface area contributed by atoms with Gasteiger partial charge in [-0.25, -0.2) is 4.99 Å². The number of aryl methyl sites for hydroxylation is 1.